The maximum Gasteiger partial charge on any atom is 0.125 e. The molecule has 0 N–H and O–H groups in total. The Morgan fingerprint density at radius 3 is 2.32 bits per heavy atom. The Balaban J connectivity index is 1.78. The maximum atomic E-state index is 6.06. The molecule has 5 nitrogen and oxygen atoms in total. The van der Waals surface area contributed by atoms with Crippen LogP contribution in [0.2, 0.25) is 0 Å². The summed E-state index contributed by atoms with van der Waals surface area (Å²) in [7, 11) is 1.55. The summed E-state index contributed by atoms with van der Waals surface area (Å²) in [6, 6.07) is 12.0. The predicted octanol–water partition coefficient (Wildman–Crippen LogP) is 6.26. The van der Waals surface area contributed by atoms with Crippen molar-refractivity contribution in [2.45, 2.75) is 53.6 Å². The zero-order chi connectivity index (χ0) is 22.6. The topological polar surface area (TPSA) is 49.3 Å². The van der Waals surface area contributed by atoms with E-state index in [1.807, 2.05) is 62.4 Å². The lowest BCUT2D eigenvalue weighted by Crippen LogP contribution is -2.13. The summed E-state index contributed by atoms with van der Waals surface area (Å²) in [4.78, 5) is 4.82. The van der Waals surface area contributed by atoms with Crippen molar-refractivity contribution in [1.29, 1.82) is 0 Å². The zero-order valence-corrected chi connectivity index (χ0v) is 19.6. The number of benzene rings is 2. The third kappa shape index (κ3) is 8.00. The molecule has 0 amide bonds. The zero-order valence-electron chi connectivity index (χ0n) is 19.6. The van der Waals surface area contributed by atoms with E-state index in [9.17, 15) is 0 Å². The molecule has 0 saturated carbocycles. The number of rotatable bonds is 12. The van der Waals surface area contributed by atoms with Crippen molar-refractivity contribution in [3.63, 3.8) is 0 Å². The lowest BCUT2D eigenvalue weighted by atomic mass is 10.1. The van der Waals surface area contributed by atoms with Gasteiger partial charge in [-0.3, -0.25) is 0 Å². The molecular formula is C26H35NO4. The van der Waals surface area contributed by atoms with Gasteiger partial charge in [-0.25, -0.2) is 0 Å². The van der Waals surface area contributed by atoms with E-state index in [4.69, 9.17) is 19.0 Å². The second kappa shape index (κ2) is 12.7. The lowest BCUT2D eigenvalue weighted by molar-refractivity contribution is 0.193. The van der Waals surface area contributed by atoms with Gasteiger partial charge in [-0.1, -0.05) is 17.3 Å². The molecule has 0 aliphatic rings. The molecule has 0 saturated heterocycles. The first-order valence-corrected chi connectivity index (χ1v) is 10.8. The van der Waals surface area contributed by atoms with E-state index in [0.29, 0.717) is 13.2 Å². The molecule has 1 unspecified atom stereocenters. The molecule has 0 bridgehead atoms. The Bertz CT molecular complexity index is 848. The van der Waals surface area contributed by atoms with Gasteiger partial charge in [-0.05, 0) is 101 Å². The van der Waals surface area contributed by atoms with E-state index < -0.39 is 0 Å². The monoisotopic (exact) mass is 425 g/mol. The Morgan fingerprint density at radius 2 is 1.71 bits per heavy atom. The summed E-state index contributed by atoms with van der Waals surface area (Å²) in [6.45, 7) is 11.3. The SMILES string of the molecule is C/C=C/COc1cc(C)c(OCCCC(C)Oc2ccc(/C(C)=N/OC)cc2)c(C)c1. The molecule has 0 heterocycles. The van der Waals surface area contributed by atoms with Crippen LogP contribution in [0.15, 0.2) is 53.7 Å². The highest BCUT2D eigenvalue weighted by atomic mass is 16.6. The Kier molecular flexibility index (Phi) is 9.95. The van der Waals surface area contributed by atoms with Gasteiger partial charge in [0, 0.05) is 0 Å². The molecule has 2 aromatic carbocycles. The van der Waals surface area contributed by atoms with Crippen LogP contribution in [-0.2, 0) is 4.84 Å². The molecule has 0 fully saturated rings. The molecule has 0 aromatic heterocycles. The molecule has 1 atom stereocenters. The summed E-state index contributed by atoms with van der Waals surface area (Å²) in [6.07, 6.45) is 5.90. The van der Waals surface area contributed by atoms with Crippen LogP contribution in [0, 0.1) is 13.8 Å². The van der Waals surface area contributed by atoms with E-state index in [0.717, 1.165) is 52.5 Å². The van der Waals surface area contributed by atoms with E-state index in [2.05, 4.69) is 25.9 Å². The van der Waals surface area contributed by atoms with E-state index >= 15 is 0 Å². The standard InChI is InChI=1S/C26H35NO4/c1-7-8-15-29-25-17-19(2)26(20(3)18-25)30-16-9-10-21(4)31-24-13-11-23(12-14-24)22(5)27-28-6/h7-8,11-14,17-18,21H,9-10,15-16H2,1-6H3/b8-7+,27-22+. The van der Waals surface area contributed by atoms with Gasteiger partial charge in [-0.15, -0.1) is 0 Å². The summed E-state index contributed by atoms with van der Waals surface area (Å²) < 4.78 is 17.8. The minimum absolute atomic E-state index is 0.104. The van der Waals surface area contributed by atoms with Crippen LogP contribution in [0.4, 0.5) is 0 Å². The first kappa shape index (κ1) is 24.3. The van der Waals surface area contributed by atoms with Crippen LogP contribution in [0.3, 0.4) is 0 Å². The number of hydrogen-bond donors (Lipinski definition) is 0. The average molecular weight is 426 g/mol. The molecule has 5 heteroatoms. The number of hydrogen-bond acceptors (Lipinski definition) is 5. The van der Waals surface area contributed by atoms with Crippen molar-refractivity contribution in [2.75, 3.05) is 20.3 Å². The third-order valence-electron chi connectivity index (χ3n) is 4.85. The number of nitrogens with zero attached hydrogens (tertiary/aromatic N) is 1. The highest BCUT2D eigenvalue weighted by Crippen LogP contribution is 2.29. The van der Waals surface area contributed by atoms with Gasteiger partial charge < -0.3 is 19.0 Å². The van der Waals surface area contributed by atoms with Crippen LogP contribution in [-0.4, -0.2) is 32.1 Å². The third-order valence-corrected chi connectivity index (χ3v) is 4.85. The van der Waals surface area contributed by atoms with Crippen LogP contribution in [0.5, 0.6) is 17.2 Å². The minimum atomic E-state index is 0.104. The van der Waals surface area contributed by atoms with Gasteiger partial charge in [0.25, 0.3) is 0 Å². The Morgan fingerprint density at radius 1 is 1.03 bits per heavy atom. The molecule has 0 aliphatic carbocycles. The Hall–Kier alpha value is -2.95. The molecule has 2 rings (SSSR count). The Labute approximate surface area is 186 Å². The highest BCUT2D eigenvalue weighted by Gasteiger charge is 2.09. The van der Waals surface area contributed by atoms with Crippen molar-refractivity contribution in [1.82, 2.24) is 0 Å². The normalized spacial score (nSPS) is 12.6. The molecule has 168 valence electrons. The number of allylic oxidation sites excluding steroid dienone is 1. The van der Waals surface area contributed by atoms with Crippen molar-refractivity contribution in [3.05, 3.63) is 65.2 Å². The molecule has 31 heavy (non-hydrogen) atoms. The molecule has 0 radical (unpaired) electrons. The second-order valence-corrected chi connectivity index (χ2v) is 7.57. The van der Waals surface area contributed by atoms with Crippen molar-refractivity contribution in [2.24, 2.45) is 5.16 Å². The van der Waals surface area contributed by atoms with Gasteiger partial charge >= 0.3 is 0 Å². The minimum Gasteiger partial charge on any atom is -0.493 e. The fourth-order valence-corrected chi connectivity index (χ4v) is 3.26. The summed E-state index contributed by atoms with van der Waals surface area (Å²) >= 11 is 0. The smallest absolute Gasteiger partial charge is 0.125 e. The predicted molar refractivity (Wildman–Crippen MR) is 127 cm³/mol. The first-order chi connectivity index (χ1) is 14.9. The molecule has 2 aromatic rings. The van der Waals surface area contributed by atoms with Gasteiger partial charge in [0.15, 0.2) is 0 Å². The van der Waals surface area contributed by atoms with E-state index in [1.165, 1.54) is 0 Å². The largest absolute Gasteiger partial charge is 0.493 e. The quantitative estimate of drug-likeness (QED) is 0.174. The van der Waals surface area contributed by atoms with Crippen LogP contribution >= 0.6 is 0 Å². The van der Waals surface area contributed by atoms with E-state index in [-0.39, 0.29) is 6.10 Å². The number of ether oxygens (including phenoxy) is 3. The van der Waals surface area contributed by atoms with Crippen LogP contribution in [0.25, 0.3) is 0 Å². The fraction of sp³-hybridized carbons (Fsp3) is 0.423. The second-order valence-electron chi connectivity index (χ2n) is 7.57. The van der Waals surface area contributed by atoms with Gasteiger partial charge in [0.05, 0.1) is 18.4 Å². The van der Waals surface area contributed by atoms with Gasteiger partial charge in [-0.2, -0.15) is 0 Å². The molecule has 0 aliphatic heterocycles. The first-order valence-electron chi connectivity index (χ1n) is 10.8. The van der Waals surface area contributed by atoms with Crippen LogP contribution < -0.4 is 14.2 Å². The summed E-state index contributed by atoms with van der Waals surface area (Å²) in [5, 5.41) is 3.95. The van der Waals surface area contributed by atoms with Gasteiger partial charge in [0.2, 0.25) is 0 Å². The summed E-state index contributed by atoms with van der Waals surface area (Å²) in [5.41, 5.74) is 4.03. The fourth-order valence-electron chi connectivity index (χ4n) is 3.26. The molecular weight excluding hydrogens is 390 g/mol. The van der Waals surface area contributed by atoms with E-state index in [1.54, 1.807) is 7.11 Å². The highest BCUT2D eigenvalue weighted by molar-refractivity contribution is 5.98. The maximum absolute atomic E-state index is 6.06. The van der Waals surface area contributed by atoms with Gasteiger partial charge in [0.1, 0.15) is 31.0 Å². The molecule has 0 spiro atoms. The number of aryl methyl sites for hydroxylation is 2. The number of oxime groups is 1. The van der Waals surface area contributed by atoms with Crippen molar-refractivity contribution < 1.29 is 19.0 Å². The average Bonchev–Trinajstić information content (AvgIpc) is 2.73. The van der Waals surface area contributed by atoms with Crippen molar-refractivity contribution >= 4 is 5.71 Å². The summed E-state index contributed by atoms with van der Waals surface area (Å²) in [5.74, 6) is 2.66. The van der Waals surface area contributed by atoms with Crippen molar-refractivity contribution in [3.8, 4) is 17.2 Å². The lowest BCUT2D eigenvalue weighted by Gasteiger charge is -2.17. The van der Waals surface area contributed by atoms with Crippen LogP contribution in [0.1, 0.15) is 50.3 Å².